The third kappa shape index (κ3) is 3.38. The van der Waals surface area contributed by atoms with Gasteiger partial charge in [-0.05, 0) is 13.0 Å². The van der Waals surface area contributed by atoms with E-state index in [9.17, 15) is 14.4 Å². The summed E-state index contributed by atoms with van der Waals surface area (Å²) in [4.78, 5) is 44.1. The van der Waals surface area contributed by atoms with E-state index in [0.717, 1.165) is 0 Å². The molecule has 0 aromatic carbocycles. The first-order valence-electron chi connectivity index (χ1n) is 8.26. The standard InChI is InChI=1S/C15H15N7O5S2/c1-5-2-7(22-14(18-5)19-10(20-22)9(17)23)28-3-6-4-29-13-8(16)11(24)21(13)12(6)27-15(25)26/h2,8,13H,3-4,16H2,1H3,(H2,17,23)(H,25,26)/t8-,13-/m1/s1. The lowest BCUT2D eigenvalue weighted by Crippen LogP contribution is -2.68. The van der Waals surface area contributed by atoms with Gasteiger partial charge in [-0.25, -0.2) is 9.78 Å². The quantitative estimate of drug-likeness (QED) is 0.243. The third-order valence-electron chi connectivity index (χ3n) is 4.24. The number of aromatic nitrogens is 4. The second-order valence-electron chi connectivity index (χ2n) is 6.25. The van der Waals surface area contributed by atoms with Crippen LogP contribution in [0.3, 0.4) is 0 Å². The largest absolute Gasteiger partial charge is 0.512 e. The number of aryl methyl sites for hydroxylation is 1. The van der Waals surface area contributed by atoms with Gasteiger partial charge in [-0.3, -0.25) is 14.5 Å². The van der Waals surface area contributed by atoms with Crippen LogP contribution < -0.4 is 11.5 Å². The van der Waals surface area contributed by atoms with Gasteiger partial charge in [-0.1, -0.05) is 0 Å². The molecule has 152 valence electrons. The maximum Gasteiger partial charge on any atom is 0.512 e. The average molecular weight is 437 g/mol. The molecule has 0 spiro atoms. The number of rotatable bonds is 5. The Hall–Kier alpha value is -2.84. The van der Waals surface area contributed by atoms with Crippen LogP contribution in [0.15, 0.2) is 22.5 Å². The molecule has 0 aliphatic carbocycles. The summed E-state index contributed by atoms with van der Waals surface area (Å²) in [6, 6.07) is 1.07. The number of amides is 2. The summed E-state index contributed by atoms with van der Waals surface area (Å²) >= 11 is 2.75. The molecule has 14 heteroatoms. The molecule has 2 atom stereocenters. The van der Waals surface area contributed by atoms with Gasteiger partial charge >= 0.3 is 6.16 Å². The van der Waals surface area contributed by atoms with E-state index in [1.54, 1.807) is 13.0 Å². The maximum absolute atomic E-state index is 12.1. The highest BCUT2D eigenvalue weighted by Gasteiger charge is 2.51. The van der Waals surface area contributed by atoms with Crippen molar-refractivity contribution < 1.29 is 24.2 Å². The number of hydrogen-bond donors (Lipinski definition) is 3. The number of thioether (sulfide) groups is 2. The molecule has 12 nitrogen and oxygen atoms in total. The van der Waals surface area contributed by atoms with Gasteiger partial charge in [0, 0.05) is 22.8 Å². The van der Waals surface area contributed by atoms with Gasteiger partial charge in [0.1, 0.15) is 16.4 Å². The number of β-lactam (4-membered cyclic amide) rings is 1. The van der Waals surface area contributed by atoms with Crippen LogP contribution >= 0.6 is 23.5 Å². The van der Waals surface area contributed by atoms with Crippen molar-refractivity contribution in [2.24, 2.45) is 11.5 Å². The Bertz CT molecular complexity index is 1080. The molecule has 2 aliphatic rings. The molecule has 1 fully saturated rings. The monoisotopic (exact) mass is 437 g/mol. The van der Waals surface area contributed by atoms with E-state index < -0.39 is 18.1 Å². The van der Waals surface area contributed by atoms with Gasteiger partial charge in [0.15, 0.2) is 0 Å². The first-order valence-corrected chi connectivity index (χ1v) is 10.3. The Morgan fingerprint density at radius 2 is 2.21 bits per heavy atom. The first-order chi connectivity index (χ1) is 13.8. The summed E-state index contributed by atoms with van der Waals surface area (Å²) in [5.41, 5.74) is 12.3. The van der Waals surface area contributed by atoms with Gasteiger partial charge in [0.2, 0.25) is 17.6 Å². The number of nitrogens with zero attached hydrogens (tertiary/aromatic N) is 5. The molecule has 2 aromatic heterocycles. The highest BCUT2D eigenvalue weighted by atomic mass is 32.2. The van der Waals surface area contributed by atoms with E-state index in [0.29, 0.717) is 27.8 Å². The third-order valence-corrected chi connectivity index (χ3v) is 6.68. The van der Waals surface area contributed by atoms with Crippen LogP contribution in [0.1, 0.15) is 16.3 Å². The number of ether oxygens (including phenoxy) is 1. The first kappa shape index (κ1) is 19.5. The van der Waals surface area contributed by atoms with Crippen molar-refractivity contribution in [2.75, 3.05) is 11.5 Å². The number of carbonyl (C=O) groups is 3. The van der Waals surface area contributed by atoms with E-state index in [1.165, 1.54) is 32.9 Å². The van der Waals surface area contributed by atoms with Crippen LogP contribution in [0, 0.1) is 6.92 Å². The molecule has 2 aliphatic heterocycles. The summed E-state index contributed by atoms with van der Waals surface area (Å²) in [6.07, 6.45) is -1.51. The minimum absolute atomic E-state index is 0.00103. The molecule has 0 saturated carbocycles. The van der Waals surface area contributed by atoms with E-state index in [2.05, 4.69) is 15.1 Å². The summed E-state index contributed by atoms with van der Waals surface area (Å²) < 4.78 is 6.29. The number of carboxylic acid groups (broad SMARTS) is 1. The van der Waals surface area contributed by atoms with Crippen molar-refractivity contribution in [1.29, 1.82) is 0 Å². The Morgan fingerprint density at radius 1 is 1.45 bits per heavy atom. The van der Waals surface area contributed by atoms with Crippen LogP contribution in [0.5, 0.6) is 0 Å². The molecule has 1 saturated heterocycles. The Labute approximate surface area is 171 Å². The number of hydrogen-bond acceptors (Lipinski definition) is 10. The number of fused-ring (bicyclic) bond motifs is 2. The SMILES string of the molecule is Cc1cc(SCC2=C(OC(=O)O)N3C(=O)[C@@H](N)[C@H]3SC2)n2nc(C(N)=O)nc2n1. The molecule has 4 heterocycles. The van der Waals surface area contributed by atoms with E-state index in [4.69, 9.17) is 21.3 Å². The zero-order chi connectivity index (χ0) is 20.9. The normalized spacial score (nSPS) is 21.2. The van der Waals surface area contributed by atoms with Crippen molar-refractivity contribution in [3.8, 4) is 0 Å². The van der Waals surface area contributed by atoms with Gasteiger partial charge in [-0.2, -0.15) is 9.50 Å². The number of primary amides is 1. The molecule has 2 aromatic rings. The van der Waals surface area contributed by atoms with Gasteiger partial charge in [0.05, 0.1) is 0 Å². The highest BCUT2D eigenvalue weighted by Crippen LogP contribution is 2.41. The zero-order valence-electron chi connectivity index (χ0n) is 14.9. The zero-order valence-corrected chi connectivity index (χ0v) is 16.6. The minimum atomic E-state index is -1.51. The predicted octanol–water partition coefficient (Wildman–Crippen LogP) is -0.228. The highest BCUT2D eigenvalue weighted by molar-refractivity contribution is 8.01. The van der Waals surface area contributed by atoms with Crippen molar-refractivity contribution in [2.45, 2.75) is 23.4 Å². The summed E-state index contributed by atoms with van der Waals surface area (Å²) in [5.74, 6) is -0.328. The maximum atomic E-state index is 12.1. The van der Waals surface area contributed by atoms with Crippen LogP contribution in [0.25, 0.3) is 5.78 Å². The molecule has 29 heavy (non-hydrogen) atoms. The Balaban J connectivity index is 1.65. The molecule has 0 bridgehead atoms. The number of nitrogens with two attached hydrogens (primary N) is 2. The molecule has 0 radical (unpaired) electrons. The van der Waals surface area contributed by atoms with Crippen molar-refractivity contribution in [3.05, 3.63) is 29.0 Å². The lowest BCUT2D eigenvalue weighted by Gasteiger charge is -2.47. The van der Waals surface area contributed by atoms with Crippen LogP contribution in [0.4, 0.5) is 4.79 Å². The minimum Gasteiger partial charge on any atom is -0.449 e. The smallest absolute Gasteiger partial charge is 0.449 e. The Kier molecular flexibility index (Phi) is 4.84. The van der Waals surface area contributed by atoms with Crippen molar-refractivity contribution >= 4 is 47.3 Å². The lowest BCUT2D eigenvalue weighted by molar-refractivity contribution is -0.144. The topological polar surface area (TPSA) is 179 Å². The van der Waals surface area contributed by atoms with Crippen LogP contribution in [0.2, 0.25) is 0 Å². The summed E-state index contributed by atoms with van der Waals surface area (Å²) in [7, 11) is 0. The molecule has 4 rings (SSSR count). The average Bonchev–Trinajstić information content (AvgIpc) is 3.09. The molecule has 5 N–H and O–H groups in total. The van der Waals surface area contributed by atoms with E-state index >= 15 is 0 Å². The second-order valence-corrected chi connectivity index (χ2v) is 8.35. The van der Waals surface area contributed by atoms with Crippen LogP contribution in [-0.4, -0.2) is 70.5 Å². The molecule has 0 unspecified atom stereocenters. The predicted molar refractivity (Wildman–Crippen MR) is 102 cm³/mol. The summed E-state index contributed by atoms with van der Waals surface area (Å²) in [5, 5.41) is 13.4. The Morgan fingerprint density at radius 3 is 2.90 bits per heavy atom. The second kappa shape index (κ2) is 7.20. The molecule has 2 amide bonds. The fourth-order valence-electron chi connectivity index (χ4n) is 2.93. The fraction of sp³-hybridized carbons (Fsp3) is 0.333. The lowest BCUT2D eigenvalue weighted by atomic mass is 10.1. The van der Waals surface area contributed by atoms with Crippen molar-refractivity contribution in [1.82, 2.24) is 24.5 Å². The molecular weight excluding hydrogens is 422 g/mol. The fourth-order valence-corrected chi connectivity index (χ4v) is 5.37. The number of carbonyl (C=O) groups excluding carboxylic acids is 2. The van der Waals surface area contributed by atoms with Gasteiger partial charge in [0.25, 0.3) is 11.7 Å². The molecular formula is C15H15N7O5S2. The van der Waals surface area contributed by atoms with Crippen LogP contribution in [-0.2, 0) is 9.53 Å². The van der Waals surface area contributed by atoms with E-state index in [-0.39, 0.29) is 28.8 Å². The van der Waals surface area contributed by atoms with E-state index in [1.807, 2.05) is 0 Å². The van der Waals surface area contributed by atoms with Gasteiger partial charge in [-0.15, -0.1) is 28.6 Å². The summed E-state index contributed by atoms with van der Waals surface area (Å²) in [6.45, 7) is 1.77. The van der Waals surface area contributed by atoms with Crippen molar-refractivity contribution in [3.63, 3.8) is 0 Å². The van der Waals surface area contributed by atoms with Gasteiger partial charge < -0.3 is 21.3 Å².